The fourth-order valence-electron chi connectivity index (χ4n) is 1.04. The van der Waals surface area contributed by atoms with E-state index in [1.807, 2.05) is 0 Å². The molecule has 1 aliphatic heterocycles. The summed E-state index contributed by atoms with van der Waals surface area (Å²) < 4.78 is 9.82. The van der Waals surface area contributed by atoms with Gasteiger partial charge in [0.2, 0.25) is 6.29 Å². The Hall–Kier alpha value is -1.10. The van der Waals surface area contributed by atoms with Gasteiger partial charge in [0.25, 0.3) is 0 Å². The van der Waals surface area contributed by atoms with Crippen LogP contribution >= 0.6 is 0 Å². The second-order valence-electron chi connectivity index (χ2n) is 2.41. The molecule has 6 nitrogen and oxygen atoms in total. The zero-order chi connectivity index (χ0) is 8.97. The van der Waals surface area contributed by atoms with E-state index in [9.17, 15) is 4.79 Å². The van der Waals surface area contributed by atoms with Crippen molar-refractivity contribution < 1.29 is 14.3 Å². The highest BCUT2D eigenvalue weighted by atomic mass is 16.7. The zero-order valence-electron chi connectivity index (χ0n) is 6.64. The van der Waals surface area contributed by atoms with Crippen LogP contribution in [-0.4, -0.2) is 31.8 Å². The van der Waals surface area contributed by atoms with Gasteiger partial charge in [-0.05, 0) is 5.53 Å². The van der Waals surface area contributed by atoms with E-state index < -0.39 is 6.29 Å². The number of Topliss-reactive ketones (excluding diaryl/α,β-unsaturated/α-hetero) is 1. The molecule has 0 amide bonds. The molecule has 6 heteroatoms. The van der Waals surface area contributed by atoms with Crippen LogP contribution in [0.4, 0.5) is 0 Å². The quantitative estimate of drug-likeness (QED) is 0.354. The number of azide groups is 1. The van der Waals surface area contributed by atoms with Crippen molar-refractivity contribution in [1.82, 2.24) is 0 Å². The first kappa shape index (κ1) is 8.99. The molecule has 0 aromatic carbocycles. The second kappa shape index (κ2) is 4.06. The Balaban J connectivity index is 2.42. The molecule has 0 bridgehead atoms. The topological polar surface area (TPSA) is 84.3 Å². The first-order chi connectivity index (χ1) is 5.77. The first-order valence-electron chi connectivity index (χ1n) is 3.49. The van der Waals surface area contributed by atoms with Gasteiger partial charge in [-0.3, -0.25) is 4.79 Å². The number of ketones is 1. The van der Waals surface area contributed by atoms with E-state index in [0.717, 1.165) is 0 Å². The molecule has 2 atom stereocenters. The van der Waals surface area contributed by atoms with E-state index >= 15 is 0 Å². The minimum absolute atomic E-state index is 0.101. The molecule has 0 aromatic rings. The minimum atomic E-state index is -0.774. The average molecular weight is 171 g/mol. The van der Waals surface area contributed by atoms with Crippen LogP contribution in [-0.2, 0) is 14.3 Å². The largest absolute Gasteiger partial charge is 0.349 e. The highest BCUT2D eigenvalue weighted by Crippen LogP contribution is 2.16. The average Bonchev–Trinajstić information content (AvgIpc) is 2.43. The van der Waals surface area contributed by atoms with Crippen molar-refractivity contribution in [2.24, 2.45) is 5.11 Å². The Kier molecular flexibility index (Phi) is 3.04. The Morgan fingerprint density at radius 1 is 1.92 bits per heavy atom. The maximum atomic E-state index is 11.0. The lowest BCUT2D eigenvalue weighted by Gasteiger charge is -2.07. The molecule has 0 aliphatic carbocycles. The third kappa shape index (κ3) is 1.94. The predicted molar refractivity (Wildman–Crippen MR) is 39.3 cm³/mol. The number of carbonyl (C=O) groups is 1. The van der Waals surface area contributed by atoms with Crippen LogP contribution in [0, 0.1) is 0 Å². The summed E-state index contributed by atoms with van der Waals surface area (Å²) in [5, 5.41) is 3.30. The molecule has 2 unspecified atom stereocenters. The van der Waals surface area contributed by atoms with Crippen LogP contribution in [0.1, 0.15) is 6.42 Å². The lowest BCUT2D eigenvalue weighted by Crippen LogP contribution is -2.18. The third-order valence-electron chi connectivity index (χ3n) is 1.57. The van der Waals surface area contributed by atoms with Gasteiger partial charge in [-0.1, -0.05) is 5.11 Å². The van der Waals surface area contributed by atoms with Crippen molar-refractivity contribution in [1.29, 1.82) is 0 Å². The summed E-state index contributed by atoms with van der Waals surface area (Å²) in [5.41, 5.74) is 8.00. The van der Waals surface area contributed by atoms with E-state index in [1.54, 1.807) is 0 Å². The summed E-state index contributed by atoms with van der Waals surface area (Å²) in [6.07, 6.45) is -0.834. The normalized spacial score (nSPS) is 28.6. The van der Waals surface area contributed by atoms with E-state index in [2.05, 4.69) is 10.0 Å². The van der Waals surface area contributed by atoms with Gasteiger partial charge in [0.1, 0.15) is 0 Å². The molecule has 1 fully saturated rings. The van der Waals surface area contributed by atoms with Crippen LogP contribution in [0.5, 0.6) is 0 Å². The van der Waals surface area contributed by atoms with Gasteiger partial charge in [-0.15, -0.1) is 0 Å². The summed E-state index contributed by atoms with van der Waals surface area (Å²) in [6, 6.07) is 0. The van der Waals surface area contributed by atoms with Gasteiger partial charge < -0.3 is 9.47 Å². The molecule has 1 aliphatic rings. The lowest BCUT2D eigenvalue weighted by molar-refractivity contribution is -0.149. The van der Waals surface area contributed by atoms with Crippen LogP contribution < -0.4 is 0 Å². The molecule has 0 N–H and O–H groups in total. The van der Waals surface area contributed by atoms with Crippen molar-refractivity contribution in [3.8, 4) is 0 Å². The van der Waals surface area contributed by atoms with Gasteiger partial charge in [0, 0.05) is 18.4 Å². The van der Waals surface area contributed by atoms with Crippen molar-refractivity contribution in [3.05, 3.63) is 10.4 Å². The summed E-state index contributed by atoms with van der Waals surface area (Å²) in [6.45, 7) is 0.183. The van der Waals surface area contributed by atoms with Gasteiger partial charge in [-0.25, -0.2) is 0 Å². The Labute approximate surface area is 69.1 Å². The Bertz CT molecular complexity index is 224. The van der Waals surface area contributed by atoms with Gasteiger partial charge in [-0.2, -0.15) is 0 Å². The van der Waals surface area contributed by atoms with E-state index in [1.165, 1.54) is 7.11 Å². The second-order valence-corrected chi connectivity index (χ2v) is 2.41. The maximum absolute atomic E-state index is 11.0. The molecule has 12 heavy (non-hydrogen) atoms. The Morgan fingerprint density at radius 2 is 2.67 bits per heavy atom. The third-order valence-corrected chi connectivity index (χ3v) is 1.57. The van der Waals surface area contributed by atoms with Gasteiger partial charge >= 0.3 is 0 Å². The SMILES string of the molecule is COC1OC(CN=[N+]=[N-])CC1=O. The van der Waals surface area contributed by atoms with Crippen LogP contribution in [0.2, 0.25) is 0 Å². The number of ether oxygens (including phenoxy) is 2. The molecule has 0 radical (unpaired) electrons. The van der Waals surface area contributed by atoms with E-state index in [0.29, 0.717) is 0 Å². The molecule has 0 aromatic heterocycles. The number of methoxy groups -OCH3 is 1. The van der Waals surface area contributed by atoms with Crippen LogP contribution in [0.15, 0.2) is 5.11 Å². The fourth-order valence-corrected chi connectivity index (χ4v) is 1.04. The molecule has 0 saturated carbocycles. The standard InChI is InChI=1S/C6H9N3O3/c1-11-6-5(10)2-4(12-6)3-8-9-7/h4,6H,2-3H2,1H3. The van der Waals surface area contributed by atoms with Gasteiger partial charge in [0.05, 0.1) is 12.6 Å². The van der Waals surface area contributed by atoms with Crippen molar-refractivity contribution >= 4 is 5.78 Å². The van der Waals surface area contributed by atoms with Crippen molar-refractivity contribution in [2.75, 3.05) is 13.7 Å². The van der Waals surface area contributed by atoms with Gasteiger partial charge in [0.15, 0.2) is 5.78 Å². The highest BCUT2D eigenvalue weighted by molar-refractivity contribution is 5.83. The summed E-state index contributed by atoms with van der Waals surface area (Å²) in [7, 11) is 1.40. The molecule has 1 saturated heterocycles. The molecular weight excluding hydrogens is 162 g/mol. The monoisotopic (exact) mass is 171 g/mol. The van der Waals surface area contributed by atoms with Crippen LogP contribution in [0.25, 0.3) is 10.4 Å². The predicted octanol–water partition coefficient (Wildman–Crippen LogP) is 0.627. The first-order valence-corrected chi connectivity index (χ1v) is 3.49. The molecule has 66 valence electrons. The van der Waals surface area contributed by atoms with Crippen molar-refractivity contribution in [2.45, 2.75) is 18.8 Å². The number of carbonyl (C=O) groups excluding carboxylic acids is 1. The van der Waals surface area contributed by atoms with E-state index in [4.69, 9.17) is 15.0 Å². The smallest absolute Gasteiger partial charge is 0.217 e. The van der Waals surface area contributed by atoms with E-state index in [-0.39, 0.29) is 24.9 Å². The minimum Gasteiger partial charge on any atom is -0.349 e. The zero-order valence-corrected chi connectivity index (χ0v) is 6.64. The van der Waals surface area contributed by atoms with Crippen molar-refractivity contribution in [3.63, 3.8) is 0 Å². The lowest BCUT2D eigenvalue weighted by atomic mass is 10.2. The Morgan fingerprint density at radius 3 is 3.17 bits per heavy atom. The molecular formula is C6H9N3O3. The maximum Gasteiger partial charge on any atom is 0.217 e. The number of nitrogens with zero attached hydrogens (tertiary/aromatic N) is 3. The molecule has 1 rings (SSSR count). The number of rotatable bonds is 3. The molecule has 1 heterocycles. The number of hydrogen-bond donors (Lipinski definition) is 0. The molecule has 0 spiro atoms. The summed E-state index contributed by atoms with van der Waals surface area (Å²) in [5.74, 6) is -0.101. The highest BCUT2D eigenvalue weighted by Gasteiger charge is 2.32. The summed E-state index contributed by atoms with van der Waals surface area (Å²) in [4.78, 5) is 13.6. The van der Waals surface area contributed by atoms with Crippen LogP contribution in [0.3, 0.4) is 0 Å². The summed E-state index contributed by atoms with van der Waals surface area (Å²) >= 11 is 0. The fraction of sp³-hybridized carbons (Fsp3) is 0.833. The number of hydrogen-bond acceptors (Lipinski definition) is 4.